The van der Waals surface area contributed by atoms with Gasteiger partial charge in [0.2, 0.25) is 0 Å². The monoisotopic (exact) mass is 211 g/mol. The van der Waals surface area contributed by atoms with Crippen molar-refractivity contribution >= 4 is 0 Å². The Morgan fingerprint density at radius 1 is 1.20 bits per heavy atom. The van der Waals surface area contributed by atoms with Crippen LogP contribution >= 0.6 is 0 Å². The van der Waals surface area contributed by atoms with E-state index in [0.29, 0.717) is 19.8 Å². The average Bonchev–Trinajstić information content (AvgIpc) is 2.29. The predicted octanol–water partition coefficient (Wildman–Crippen LogP) is 1.51. The molecule has 0 unspecified atom stereocenters. The summed E-state index contributed by atoms with van der Waals surface area (Å²) < 4.78 is 15.6. The Hall–Kier alpha value is -1.13. The van der Waals surface area contributed by atoms with Gasteiger partial charge in [-0.1, -0.05) is 0 Å². The normalized spacial score (nSPS) is 10.2. The molecule has 1 aromatic rings. The molecule has 0 spiro atoms. The highest BCUT2D eigenvalue weighted by molar-refractivity contribution is 5.15. The third-order valence-corrected chi connectivity index (χ3v) is 1.77. The Kier molecular flexibility index (Phi) is 6.53. The molecule has 4 nitrogen and oxygen atoms in total. The number of ether oxygens (including phenoxy) is 3. The van der Waals surface area contributed by atoms with E-state index in [-0.39, 0.29) is 0 Å². The molecule has 0 bridgehead atoms. The van der Waals surface area contributed by atoms with Crippen molar-refractivity contribution in [3.8, 4) is 5.75 Å². The van der Waals surface area contributed by atoms with Crippen LogP contribution in [0.1, 0.15) is 6.42 Å². The molecule has 1 heterocycles. The molecule has 1 rings (SSSR count). The zero-order valence-electron chi connectivity index (χ0n) is 9.02. The largest absolute Gasteiger partial charge is 0.490 e. The maximum atomic E-state index is 5.39. The van der Waals surface area contributed by atoms with Crippen molar-refractivity contribution in [3.63, 3.8) is 0 Å². The van der Waals surface area contributed by atoms with Gasteiger partial charge in [0.25, 0.3) is 0 Å². The van der Waals surface area contributed by atoms with E-state index in [1.165, 1.54) is 0 Å². The van der Waals surface area contributed by atoms with Crippen molar-refractivity contribution in [2.75, 3.05) is 33.5 Å². The van der Waals surface area contributed by atoms with Crippen LogP contribution in [0.5, 0.6) is 5.75 Å². The van der Waals surface area contributed by atoms with Gasteiger partial charge in [-0.2, -0.15) is 0 Å². The Morgan fingerprint density at radius 2 is 2.13 bits per heavy atom. The van der Waals surface area contributed by atoms with Gasteiger partial charge in [0.15, 0.2) is 0 Å². The van der Waals surface area contributed by atoms with Gasteiger partial charge in [-0.25, -0.2) is 0 Å². The highest BCUT2D eigenvalue weighted by Gasteiger charge is 1.92. The minimum Gasteiger partial charge on any atom is -0.490 e. The molecule has 0 radical (unpaired) electrons. The summed E-state index contributed by atoms with van der Waals surface area (Å²) in [6.45, 7) is 2.60. The van der Waals surface area contributed by atoms with E-state index in [0.717, 1.165) is 18.8 Å². The Bertz CT molecular complexity index is 241. The molecule has 0 aliphatic heterocycles. The first-order chi connectivity index (χ1) is 7.43. The van der Waals surface area contributed by atoms with Crippen LogP contribution in [0.25, 0.3) is 0 Å². The van der Waals surface area contributed by atoms with Gasteiger partial charge in [0.1, 0.15) is 12.4 Å². The number of rotatable bonds is 8. The highest BCUT2D eigenvalue weighted by Crippen LogP contribution is 2.05. The third kappa shape index (κ3) is 6.04. The lowest BCUT2D eigenvalue weighted by Crippen LogP contribution is -2.08. The molecular formula is C11H17NO3. The average molecular weight is 211 g/mol. The maximum absolute atomic E-state index is 5.39. The smallest absolute Gasteiger partial charge is 0.137 e. The minimum absolute atomic E-state index is 0.554. The zero-order valence-corrected chi connectivity index (χ0v) is 9.02. The summed E-state index contributed by atoms with van der Waals surface area (Å²) in [6, 6.07) is 3.71. The van der Waals surface area contributed by atoms with E-state index < -0.39 is 0 Å². The summed E-state index contributed by atoms with van der Waals surface area (Å²) in [5, 5.41) is 0. The van der Waals surface area contributed by atoms with Crippen molar-refractivity contribution < 1.29 is 14.2 Å². The van der Waals surface area contributed by atoms with Crippen LogP contribution in [-0.2, 0) is 9.47 Å². The van der Waals surface area contributed by atoms with E-state index in [2.05, 4.69) is 4.98 Å². The molecule has 15 heavy (non-hydrogen) atoms. The van der Waals surface area contributed by atoms with Crippen LogP contribution in [0.2, 0.25) is 0 Å². The van der Waals surface area contributed by atoms with Crippen LogP contribution in [0.4, 0.5) is 0 Å². The van der Waals surface area contributed by atoms with Crippen LogP contribution in [0.15, 0.2) is 24.5 Å². The molecule has 0 fully saturated rings. The molecule has 0 amide bonds. The van der Waals surface area contributed by atoms with E-state index in [4.69, 9.17) is 14.2 Å². The number of pyridine rings is 1. The van der Waals surface area contributed by atoms with Crippen LogP contribution in [-0.4, -0.2) is 38.5 Å². The number of hydrogen-bond acceptors (Lipinski definition) is 4. The minimum atomic E-state index is 0.554. The Balaban J connectivity index is 1.93. The number of methoxy groups -OCH3 is 1. The zero-order chi connectivity index (χ0) is 10.8. The van der Waals surface area contributed by atoms with Gasteiger partial charge < -0.3 is 14.2 Å². The predicted molar refractivity (Wildman–Crippen MR) is 57.0 cm³/mol. The Morgan fingerprint density at radius 3 is 2.87 bits per heavy atom. The topological polar surface area (TPSA) is 40.6 Å². The first-order valence-electron chi connectivity index (χ1n) is 5.03. The standard InChI is InChI=1S/C11H17NO3/c1-13-6-3-7-14-8-9-15-11-4-2-5-12-10-11/h2,4-5,10H,3,6-9H2,1H3. The first-order valence-corrected chi connectivity index (χ1v) is 5.03. The molecule has 4 heteroatoms. The summed E-state index contributed by atoms with van der Waals surface area (Å²) in [5.74, 6) is 0.776. The molecule has 0 N–H and O–H groups in total. The quantitative estimate of drug-likeness (QED) is 0.611. The van der Waals surface area contributed by atoms with E-state index in [9.17, 15) is 0 Å². The fourth-order valence-electron chi connectivity index (χ4n) is 1.06. The van der Waals surface area contributed by atoms with Crippen LogP contribution in [0, 0.1) is 0 Å². The van der Waals surface area contributed by atoms with E-state index >= 15 is 0 Å². The lowest BCUT2D eigenvalue weighted by molar-refractivity contribution is 0.0805. The van der Waals surface area contributed by atoms with Gasteiger partial charge >= 0.3 is 0 Å². The molecule has 0 aliphatic rings. The SMILES string of the molecule is COCCCOCCOc1cccnc1. The fourth-order valence-corrected chi connectivity index (χ4v) is 1.06. The van der Waals surface area contributed by atoms with Crippen molar-refractivity contribution in [2.45, 2.75) is 6.42 Å². The van der Waals surface area contributed by atoms with Crippen molar-refractivity contribution in [2.24, 2.45) is 0 Å². The molecule has 0 aliphatic carbocycles. The molecule has 84 valence electrons. The van der Waals surface area contributed by atoms with Crippen molar-refractivity contribution in [1.82, 2.24) is 4.98 Å². The molecule has 1 aromatic heterocycles. The number of hydrogen-bond donors (Lipinski definition) is 0. The lowest BCUT2D eigenvalue weighted by Gasteiger charge is -2.06. The van der Waals surface area contributed by atoms with E-state index in [1.54, 1.807) is 19.5 Å². The molecule has 0 saturated heterocycles. The summed E-state index contributed by atoms with van der Waals surface area (Å²) in [5.41, 5.74) is 0. The fraction of sp³-hybridized carbons (Fsp3) is 0.545. The van der Waals surface area contributed by atoms with Crippen LogP contribution < -0.4 is 4.74 Å². The highest BCUT2D eigenvalue weighted by atomic mass is 16.5. The maximum Gasteiger partial charge on any atom is 0.137 e. The Labute approximate surface area is 90.2 Å². The van der Waals surface area contributed by atoms with Crippen molar-refractivity contribution in [3.05, 3.63) is 24.5 Å². The number of aromatic nitrogens is 1. The molecule has 0 atom stereocenters. The molecule has 0 saturated carbocycles. The van der Waals surface area contributed by atoms with Gasteiger partial charge in [0, 0.05) is 26.5 Å². The molecular weight excluding hydrogens is 194 g/mol. The second kappa shape index (κ2) is 8.20. The molecule has 0 aromatic carbocycles. The second-order valence-electron chi connectivity index (χ2n) is 3.00. The van der Waals surface area contributed by atoms with Gasteiger partial charge in [-0.05, 0) is 18.6 Å². The number of nitrogens with zero attached hydrogens (tertiary/aromatic N) is 1. The first kappa shape index (κ1) is 11.9. The summed E-state index contributed by atoms with van der Waals surface area (Å²) in [6.07, 6.45) is 4.32. The summed E-state index contributed by atoms with van der Waals surface area (Å²) in [7, 11) is 1.69. The van der Waals surface area contributed by atoms with Crippen LogP contribution in [0.3, 0.4) is 0 Å². The van der Waals surface area contributed by atoms with Gasteiger partial charge in [-0.15, -0.1) is 0 Å². The van der Waals surface area contributed by atoms with Gasteiger partial charge in [-0.3, -0.25) is 4.98 Å². The lowest BCUT2D eigenvalue weighted by atomic mass is 10.5. The third-order valence-electron chi connectivity index (χ3n) is 1.77. The second-order valence-corrected chi connectivity index (χ2v) is 3.00. The van der Waals surface area contributed by atoms with Gasteiger partial charge in [0.05, 0.1) is 12.8 Å². The summed E-state index contributed by atoms with van der Waals surface area (Å²) >= 11 is 0. The van der Waals surface area contributed by atoms with E-state index in [1.807, 2.05) is 12.1 Å². The summed E-state index contributed by atoms with van der Waals surface area (Å²) in [4.78, 5) is 3.94. The van der Waals surface area contributed by atoms with Crippen molar-refractivity contribution in [1.29, 1.82) is 0 Å².